The minimum atomic E-state index is -1.27. The zero-order chi connectivity index (χ0) is 28.7. The highest BCUT2D eigenvalue weighted by atomic mass is 16.6. The van der Waals surface area contributed by atoms with Crippen LogP contribution in [0.15, 0.2) is 91.0 Å². The van der Waals surface area contributed by atoms with Gasteiger partial charge in [-0.2, -0.15) is 0 Å². The average molecular weight is 558 g/mol. The second-order valence-electron chi connectivity index (χ2n) is 11.7. The molecule has 1 N–H and O–H groups in total. The third kappa shape index (κ3) is 6.26. The number of benzene rings is 3. The van der Waals surface area contributed by atoms with Gasteiger partial charge in [0.2, 0.25) is 0 Å². The maximum Gasteiger partial charge on any atom is 0.318 e. The topological polar surface area (TPSA) is 68.2 Å². The summed E-state index contributed by atoms with van der Waals surface area (Å²) in [5.74, 6) is -0.634. The van der Waals surface area contributed by atoms with Gasteiger partial charge in [-0.1, -0.05) is 105 Å². The van der Waals surface area contributed by atoms with E-state index in [4.69, 9.17) is 14.2 Å². The minimum absolute atomic E-state index is 0.235. The Bertz CT molecular complexity index is 1230. The van der Waals surface area contributed by atoms with E-state index in [1.54, 1.807) is 0 Å². The van der Waals surface area contributed by atoms with Gasteiger partial charge in [0, 0.05) is 26.1 Å². The lowest BCUT2D eigenvalue weighted by Gasteiger charge is -2.53. The van der Waals surface area contributed by atoms with Gasteiger partial charge >= 0.3 is 5.97 Å². The number of aliphatic hydroxyl groups is 1. The Balaban J connectivity index is 1.47. The lowest BCUT2D eigenvalue weighted by Crippen LogP contribution is -2.60. The summed E-state index contributed by atoms with van der Waals surface area (Å²) in [5.41, 5.74) is 0.738. The molecule has 0 saturated carbocycles. The van der Waals surface area contributed by atoms with Gasteiger partial charge in [-0.15, -0.1) is 0 Å². The normalized spacial score (nSPS) is 26.0. The molecule has 0 spiro atoms. The highest BCUT2D eigenvalue weighted by Crippen LogP contribution is 2.55. The molecular weight excluding hydrogens is 514 g/mol. The van der Waals surface area contributed by atoms with Crippen LogP contribution in [0.3, 0.4) is 0 Å². The fraction of sp³-hybridized carbons (Fsp3) is 0.457. The number of cyclic esters (lactones) is 1. The summed E-state index contributed by atoms with van der Waals surface area (Å²) >= 11 is 0. The second kappa shape index (κ2) is 13.3. The van der Waals surface area contributed by atoms with Crippen LogP contribution in [0.1, 0.15) is 49.5 Å². The van der Waals surface area contributed by atoms with Crippen molar-refractivity contribution in [3.8, 4) is 0 Å². The van der Waals surface area contributed by atoms with Gasteiger partial charge in [-0.05, 0) is 35.4 Å². The number of ether oxygens (including phenoxy) is 3. The molecular formula is C35H43NO5. The summed E-state index contributed by atoms with van der Waals surface area (Å²) in [6.45, 7) is 8.31. The van der Waals surface area contributed by atoms with Crippen LogP contribution in [0.5, 0.6) is 0 Å². The molecule has 6 nitrogen and oxygen atoms in total. The summed E-state index contributed by atoms with van der Waals surface area (Å²) < 4.78 is 18.8. The lowest BCUT2D eigenvalue weighted by atomic mass is 9.61. The van der Waals surface area contributed by atoms with E-state index >= 15 is 0 Å². The third-order valence-electron chi connectivity index (χ3n) is 8.96. The molecule has 0 aromatic heterocycles. The van der Waals surface area contributed by atoms with Gasteiger partial charge in [0.05, 0.1) is 25.9 Å². The second-order valence-corrected chi connectivity index (χ2v) is 11.7. The van der Waals surface area contributed by atoms with Crippen LogP contribution in [0.2, 0.25) is 0 Å². The predicted octanol–water partition coefficient (Wildman–Crippen LogP) is 5.56. The van der Waals surface area contributed by atoms with Gasteiger partial charge < -0.3 is 19.3 Å². The van der Waals surface area contributed by atoms with Crippen molar-refractivity contribution >= 4 is 5.97 Å². The maximum atomic E-state index is 14.6. The lowest BCUT2D eigenvalue weighted by molar-refractivity contribution is -0.236. The molecule has 0 radical (unpaired) electrons. The molecule has 0 bridgehead atoms. The van der Waals surface area contributed by atoms with E-state index in [1.807, 2.05) is 92.7 Å². The van der Waals surface area contributed by atoms with E-state index in [1.165, 1.54) is 5.56 Å². The summed E-state index contributed by atoms with van der Waals surface area (Å²) in [5, 5.41) is 12.2. The highest BCUT2D eigenvalue weighted by Gasteiger charge is 2.63. The van der Waals surface area contributed by atoms with E-state index in [2.05, 4.69) is 17.0 Å². The average Bonchev–Trinajstić information content (AvgIpc) is 3.01. The van der Waals surface area contributed by atoms with Crippen molar-refractivity contribution in [3.05, 3.63) is 108 Å². The quantitative estimate of drug-likeness (QED) is 0.312. The highest BCUT2D eigenvalue weighted by molar-refractivity contribution is 5.81. The van der Waals surface area contributed by atoms with Crippen molar-refractivity contribution in [2.45, 2.75) is 50.9 Å². The van der Waals surface area contributed by atoms with Crippen LogP contribution in [-0.2, 0) is 31.0 Å². The van der Waals surface area contributed by atoms with Crippen molar-refractivity contribution in [1.82, 2.24) is 4.90 Å². The maximum absolute atomic E-state index is 14.6. The van der Waals surface area contributed by atoms with Crippen molar-refractivity contribution in [3.63, 3.8) is 0 Å². The first-order chi connectivity index (χ1) is 20.0. The van der Waals surface area contributed by atoms with Gasteiger partial charge in [-0.25, -0.2) is 0 Å². The van der Waals surface area contributed by atoms with Crippen LogP contribution in [0.25, 0.3) is 0 Å². The molecule has 0 amide bonds. The van der Waals surface area contributed by atoms with E-state index < -0.39 is 29.2 Å². The van der Waals surface area contributed by atoms with Crippen LogP contribution < -0.4 is 0 Å². The third-order valence-corrected chi connectivity index (χ3v) is 8.96. The summed E-state index contributed by atoms with van der Waals surface area (Å²) in [7, 11) is 0. The fourth-order valence-corrected chi connectivity index (χ4v) is 6.60. The van der Waals surface area contributed by atoms with Crippen LogP contribution >= 0.6 is 0 Å². The molecule has 2 heterocycles. The largest absolute Gasteiger partial charge is 0.453 e. The molecule has 2 fully saturated rings. The van der Waals surface area contributed by atoms with Crippen LogP contribution in [0, 0.1) is 11.3 Å². The number of carbonyl (C=O) groups is 1. The fourth-order valence-electron chi connectivity index (χ4n) is 6.60. The minimum Gasteiger partial charge on any atom is -0.453 e. The van der Waals surface area contributed by atoms with Crippen molar-refractivity contribution < 1.29 is 24.1 Å². The molecule has 218 valence electrons. The van der Waals surface area contributed by atoms with E-state index in [0.717, 1.165) is 37.2 Å². The van der Waals surface area contributed by atoms with Crippen molar-refractivity contribution in [2.24, 2.45) is 11.3 Å². The molecule has 2 saturated heterocycles. The Morgan fingerprint density at radius 2 is 1.54 bits per heavy atom. The molecule has 3 aromatic rings. The summed E-state index contributed by atoms with van der Waals surface area (Å²) in [6, 6.07) is 29.9. The monoisotopic (exact) mass is 557 g/mol. The van der Waals surface area contributed by atoms with E-state index in [9.17, 15) is 9.90 Å². The standard InChI is InChI=1S/C35H43NO5/c1-27(2)35(32(29-14-8-4-9-15-29)40-25-22-36-20-23-39-24-21-36)31(37)26-34(41-33(35)38,30-16-10-5-11-17-30)19-18-28-12-6-3-7-13-28/h3-17,27,31-32,37H,18-26H2,1-2H3. The Kier molecular flexibility index (Phi) is 9.56. The molecule has 4 atom stereocenters. The smallest absolute Gasteiger partial charge is 0.318 e. The first-order valence-corrected chi connectivity index (χ1v) is 14.9. The SMILES string of the molecule is CC(C)C1(C(OCCN2CCOCC2)c2ccccc2)C(=O)OC(CCc2ccccc2)(c2ccccc2)CC1O. The zero-order valence-corrected chi connectivity index (χ0v) is 24.3. The van der Waals surface area contributed by atoms with Gasteiger partial charge in [0.1, 0.15) is 17.1 Å². The summed E-state index contributed by atoms with van der Waals surface area (Å²) in [6.07, 6.45) is -0.0401. The van der Waals surface area contributed by atoms with Gasteiger partial charge in [0.15, 0.2) is 0 Å². The molecule has 0 aliphatic carbocycles. The molecule has 6 heteroatoms. The Morgan fingerprint density at radius 1 is 0.927 bits per heavy atom. The number of rotatable bonds is 11. The Morgan fingerprint density at radius 3 is 2.15 bits per heavy atom. The molecule has 2 aliphatic heterocycles. The number of nitrogens with zero attached hydrogens (tertiary/aromatic N) is 1. The molecule has 3 aromatic carbocycles. The van der Waals surface area contributed by atoms with E-state index in [0.29, 0.717) is 32.7 Å². The van der Waals surface area contributed by atoms with Gasteiger partial charge in [-0.3, -0.25) is 9.69 Å². The first kappa shape index (κ1) is 29.5. The number of aryl methyl sites for hydroxylation is 1. The van der Waals surface area contributed by atoms with Crippen LogP contribution in [-0.4, -0.2) is 61.5 Å². The molecule has 4 unspecified atom stereocenters. The molecule has 2 aliphatic rings. The van der Waals surface area contributed by atoms with Crippen LogP contribution in [0.4, 0.5) is 0 Å². The number of morpholine rings is 1. The van der Waals surface area contributed by atoms with E-state index in [-0.39, 0.29) is 5.92 Å². The van der Waals surface area contributed by atoms with Crippen molar-refractivity contribution in [1.29, 1.82) is 0 Å². The molecule has 41 heavy (non-hydrogen) atoms. The number of carbonyl (C=O) groups excluding carboxylic acids is 1. The molecule has 5 rings (SSSR count). The summed E-state index contributed by atoms with van der Waals surface area (Å²) in [4.78, 5) is 16.9. The number of esters is 1. The first-order valence-electron chi connectivity index (χ1n) is 14.9. The number of hydrogen-bond acceptors (Lipinski definition) is 6. The number of hydrogen-bond donors (Lipinski definition) is 1. The number of aliphatic hydroxyl groups excluding tert-OH is 1. The van der Waals surface area contributed by atoms with Crippen molar-refractivity contribution in [2.75, 3.05) is 39.5 Å². The zero-order valence-electron chi connectivity index (χ0n) is 24.3. The Labute approximate surface area is 244 Å². The Hall–Kier alpha value is -3.03. The predicted molar refractivity (Wildman–Crippen MR) is 159 cm³/mol. The van der Waals surface area contributed by atoms with Gasteiger partial charge in [0.25, 0.3) is 0 Å².